The molecular weight excluding hydrogens is 835 g/mol. The molecule has 0 saturated carbocycles. The summed E-state index contributed by atoms with van der Waals surface area (Å²) in [6.45, 7) is 0. The van der Waals surface area contributed by atoms with Gasteiger partial charge < -0.3 is 14.0 Å². The summed E-state index contributed by atoms with van der Waals surface area (Å²) in [4.78, 5) is 2.39. The van der Waals surface area contributed by atoms with Crippen LogP contribution in [0, 0.1) is 0 Å². The van der Waals surface area contributed by atoms with Crippen molar-refractivity contribution in [2.75, 3.05) is 4.90 Å². The minimum atomic E-state index is 1.07. The van der Waals surface area contributed by atoms with Crippen LogP contribution < -0.4 is 4.90 Å². The molecule has 3 heteroatoms. The number of fused-ring (bicyclic) bond motifs is 6. The van der Waals surface area contributed by atoms with Crippen LogP contribution in [0.25, 0.3) is 99.5 Å². The van der Waals surface area contributed by atoms with E-state index in [4.69, 9.17) is 0 Å². The normalized spacial score (nSPS) is 11.5. The fourth-order valence-electron chi connectivity index (χ4n) is 10.7. The minimum Gasteiger partial charge on any atom is -0.310 e. The molecule has 13 aromatic rings. The zero-order valence-electron chi connectivity index (χ0n) is 37.8. The fraction of sp³-hybridized carbons (Fsp3) is 0. The van der Waals surface area contributed by atoms with Crippen molar-refractivity contribution in [3.05, 3.63) is 273 Å². The molecule has 0 aliphatic carbocycles. The summed E-state index contributed by atoms with van der Waals surface area (Å²) in [7, 11) is 0. The van der Waals surface area contributed by atoms with Crippen LogP contribution >= 0.6 is 0 Å². The van der Waals surface area contributed by atoms with Crippen molar-refractivity contribution in [1.82, 2.24) is 9.13 Å². The van der Waals surface area contributed by atoms with Crippen LogP contribution in [-0.4, -0.2) is 9.13 Å². The third-order valence-corrected chi connectivity index (χ3v) is 13.7. The summed E-state index contributed by atoms with van der Waals surface area (Å²) < 4.78 is 4.82. The summed E-state index contributed by atoms with van der Waals surface area (Å²) in [6.07, 6.45) is 0. The Kier molecular flexibility index (Phi) is 9.84. The predicted molar refractivity (Wildman–Crippen MR) is 292 cm³/mol. The average molecular weight is 880 g/mol. The Balaban J connectivity index is 0.952. The molecule has 0 aliphatic rings. The standard InChI is InChI=1S/C66H45N3/c1-3-19-46(20-4-1)54-25-7-9-27-57(54)58-28-10-8-26-55(58)47-37-41-50(42-38-47)67(52-23-17-24-53(45-52)68-63-34-14-11-29-59(63)60-30-12-15-35-64(60)68)51-43-39-48(40-44-51)56-32-18-33-62-61-31-13-16-36-65(61)69(66(56)62)49-21-5-2-6-22-49/h1-45H. The van der Waals surface area contributed by atoms with Crippen LogP contribution in [0.4, 0.5) is 17.1 Å². The van der Waals surface area contributed by atoms with E-state index in [1.807, 2.05) is 0 Å². The molecule has 2 aromatic heterocycles. The van der Waals surface area contributed by atoms with Crippen molar-refractivity contribution in [3.63, 3.8) is 0 Å². The lowest BCUT2D eigenvalue weighted by Crippen LogP contribution is -2.10. The van der Waals surface area contributed by atoms with Crippen LogP contribution in [0.3, 0.4) is 0 Å². The third-order valence-electron chi connectivity index (χ3n) is 13.7. The lowest BCUT2D eigenvalue weighted by Gasteiger charge is -2.27. The van der Waals surface area contributed by atoms with Crippen molar-refractivity contribution >= 4 is 60.7 Å². The lowest BCUT2D eigenvalue weighted by atomic mass is 9.89. The summed E-state index contributed by atoms with van der Waals surface area (Å²) in [5.74, 6) is 0. The highest BCUT2D eigenvalue weighted by atomic mass is 15.1. The first-order valence-electron chi connectivity index (χ1n) is 23.7. The molecule has 3 nitrogen and oxygen atoms in total. The molecule has 0 bridgehead atoms. The van der Waals surface area contributed by atoms with E-state index in [0.29, 0.717) is 0 Å². The van der Waals surface area contributed by atoms with Gasteiger partial charge in [-0.15, -0.1) is 0 Å². The SMILES string of the molecule is c1ccc(-c2ccccc2-c2ccccc2-c2ccc(N(c3ccc(-c4cccc5c6ccccc6n(-c6ccccc6)c45)cc3)c3cccc(-n4c5ccccc5c5ccccc54)c3)cc2)cc1. The Morgan fingerprint density at radius 1 is 0.232 bits per heavy atom. The van der Waals surface area contributed by atoms with Crippen LogP contribution in [0.5, 0.6) is 0 Å². The van der Waals surface area contributed by atoms with Crippen LogP contribution in [-0.2, 0) is 0 Å². The number of aromatic nitrogens is 2. The van der Waals surface area contributed by atoms with Gasteiger partial charge in [0.1, 0.15) is 0 Å². The predicted octanol–water partition coefficient (Wildman–Crippen LogP) is 18.0. The molecule has 0 saturated heterocycles. The summed E-state index contributed by atoms with van der Waals surface area (Å²) in [5.41, 5.74) is 19.8. The minimum absolute atomic E-state index is 1.07. The van der Waals surface area contributed by atoms with Gasteiger partial charge in [-0.05, 0) is 112 Å². The Hall–Kier alpha value is -9.18. The monoisotopic (exact) mass is 879 g/mol. The van der Waals surface area contributed by atoms with Crippen molar-refractivity contribution in [2.45, 2.75) is 0 Å². The number of benzene rings is 11. The largest absolute Gasteiger partial charge is 0.310 e. The van der Waals surface area contributed by atoms with Gasteiger partial charge in [0.2, 0.25) is 0 Å². The molecule has 0 atom stereocenters. The van der Waals surface area contributed by atoms with Gasteiger partial charge in [-0.2, -0.15) is 0 Å². The number of hydrogen-bond acceptors (Lipinski definition) is 1. The summed E-state index contributed by atoms with van der Waals surface area (Å²) in [6, 6.07) is 99.0. The molecule has 0 radical (unpaired) electrons. The maximum absolute atomic E-state index is 2.42. The van der Waals surface area contributed by atoms with E-state index >= 15 is 0 Å². The zero-order chi connectivity index (χ0) is 45.7. The highest BCUT2D eigenvalue weighted by Gasteiger charge is 2.20. The molecule has 69 heavy (non-hydrogen) atoms. The first-order chi connectivity index (χ1) is 34.3. The van der Waals surface area contributed by atoms with Gasteiger partial charge in [-0.1, -0.05) is 200 Å². The number of para-hydroxylation sites is 5. The van der Waals surface area contributed by atoms with Gasteiger partial charge in [0.15, 0.2) is 0 Å². The Morgan fingerprint density at radius 2 is 0.623 bits per heavy atom. The third kappa shape index (κ3) is 6.91. The van der Waals surface area contributed by atoms with Crippen molar-refractivity contribution in [1.29, 1.82) is 0 Å². The van der Waals surface area contributed by atoms with Crippen molar-refractivity contribution < 1.29 is 0 Å². The molecule has 324 valence electrons. The molecule has 0 unspecified atom stereocenters. The maximum Gasteiger partial charge on any atom is 0.0619 e. The Bertz CT molecular complexity index is 3940. The molecule has 0 fully saturated rings. The number of anilines is 3. The Morgan fingerprint density at radius 3 is 1.20 bits per heavy atom. The molecule has 2 heterocycles. The van der Waals surface area contributed by atoms with Gasteiger partial charge >= 0.3 is 0 Å². The second kappa shape index (κ2) is 16.9. The van der Waals surface area contributed by atoms with Crippen molar-refractivity contribution in [2.24, 2.45) is 0 Å². The first kappa shape index (κ1) is 40.1. The van der Waals surface area contributed by atoms with E-state index in [1.54, 1.807) is 0 Å². The van der Waals surface area contributed by atoms with E-state index in [0.717, 1.165) is 39.6 Å². The molecule has 0 amide bonds. The lowest BCUT2D eigenvalue weighted by molar-refractivity contribution is 1.17. The van der Waals surface area contributed by atoms with Crippen LogP contribution in [0.2, 0.25) is 0 Å². The maximum atomic E-state index is 2.42. The van der Waals surface area contributed by atoms with Gasteiger partial charge in [0, 0.05) is 55.5 Å². The number of nitrogens with zero attached hydrogens (tertiary/aromatic N) is 3. The zero-order valence-corrected chi connectivity index (χ0v) is 37.8. The molecule has 13 rings (SSSR count). The average Bonchev–Trinajstić information content (AvgIpc) is 3.95. The van der Waals surface area contributed by atoms with E-state index in [2.05, 4.69) is 287 Å². The van der Waals surface area contributed by atoms with Gasteiger partial charge in [-0.25, -0.2) is 0 Å². The second-order valence-electron chi connectivity index (χ2n) is 17.7. The highest BCUT2D eigenvalue weighted by molar-refractivity contribution is 6.14. The van der Waals surface area contributed by atoms with E-state index in [1.165, 1.54) is 77.0 Å². The fourth-order valence-corrected chi connectivity index (χ4v) is 10.7. The molecule has 0 spiro atoms. The van der Waals surface area contributed by atoms with Crippen molar-refractivity contribution in [3.8, 4) is 55.9 Å². The molecule has 0 N–H and O–H groups in total. The van der Waals surface area contributed by atoms with E-state index in [-0.39, 0.29) is 0 Å². The van der Waals surface area contributed by atoms with E-state index < -0.39 is 0 Å². The second-order valence-corrected chi connectivity index (χ2v) is 17.7. The van der Waals surface area contributed by atoms with Gasteiger partial charge in [0.05, 0.1) is 22.1 Å². The first-order valence-corrected chi connectivity index (χ1v) is 23.7. The quantitative estimate of drug-likeness (QED) is 0.141. The topological polar surface area (TPSA) is 13.1 Å². The highest BCUT2D eigenvalue weighted by Crippen LogP contribution is 2.43. The van der Waals surface area contributed by atoms with Gasteiger partial charge in [0.25, 0.3) is 0 Å². The van der Waals surface area contributed by atoms with Crippen LogP contribution in [0.1, 0.15) is 0 Å². The smallest absolute Gasteiger partial charge is 0.0619 e. The molecule has 0 aliphatic heterocycles. The summed E-state index contributed by atoms with van der Waals surface area (Å²) >= 11 is 0. The molecule has 11 aromatic carbocycles. The number of rotatable bonds is 9. The van der Waals surface area contributed by atoms with E-state index in [9.17, 15) is 0 Å². The molecular formula is C66H45N3. The van der Waals surface area contributed by atoms with Gasteiger partial charge in [-0.3, -0.25) is 0 Å². The summed E-state index contributed by atoms with van der Waals surface area (Å²) in [5, 5.41) is 4.98. The number of hydrogen-bond donors (Lipinski definition) is 0. The Labute approximate surface area is 401 Å². The van der Waals surface area contributed by atoms with Crippen LogP contribution in [0.15, 0.2) is 273 Å².